The van der Waals surface area contributed by atoms with Gasteiger partial charge in [0, 0.05) is 24.9 Å². The second kappa shape index (κ2) is 6.54. The number of hydrogen-bond acceptors (Lipinski definition) is 4. The first kappa shape index (κ1) is 15.1. The Labute approximate surface area is 134 Å². The standard InChI is InChI=1S/C18H18N2O3/c19-14-7-8-15-16(12-14)23-17(11-13-5-2-1-3-6-13)18(22)20(15)9-4-10-21/h1-3,5-8,11-12,21H,4,9-10,19H2/b17-11+. The Morgan fingerprint density at radius 2 is 1.96 bits per heavy atom. The molecule has 1 aliphatic heterocycles. The predicted octanol–water partition coefficient (Wildman–Crippen LogP) is 2.42. The number of ether oxygens (including phenoxy) is 1. The van der Waals surface area contributed by atoms with Gasteiger partial charge < -0.3 is 20.5 Å². The number of carbonyl (C=O) groups excluding carboxylic acids is 1. The largest absolute Gasteiger partial charge is 0.449 e. The Morgan fingerprint density at radius 1 is 1.17 bits per heavy atom. The first-order chi connectivity index (χ1) is 11.2. The van der Waals surface area contributed by atoms with Crippen molar-refractivity contribution in [2.45, 2.75) is 6.42 Å². The molecule has 0 unspecified atom stereocenters. The van der Waals surface area contributed by atoms with Crippen molar-refractivity contribution in [2.75, 3.05) is 23.8 Å². The van der Waals surface area contributed by atoms with Crippen LogP contribution in [-0.4, -0.2) is 24.2 Å². The molecule has 0 bridgehead atoms. The van der Waals surface area contributed by atoms with Gasteiger partial charge in [0.1, 0.15) is 0 Å². The third kappa shape index (κ3) is 3.19. The van der Waals surface area contributed by atoms with E-state index in [1.54, 1.807) is 29.2 Å². The van der Waals surface area contributed by atoms with Crippen molar-refractivity contribution < 1.29 is 14.6 Å². The van der Waals surface area contributed by atoms with Crippen molar-refractivity contribution in [3.05, 3.63) is 59.9 Å². The highest BCUT2D eigenvalue weighted by Crippen LogP contribution is 2.37. The number of nitrogen functional groups attached to an aromatic ring is 1. The summed E-state index contributed by atoms with van der Waals surface area (Å²) in [5.74, 6) is 0.566. The van der Waals surface area contributed by atoms with E-state index in [2.05, 4.69) is 0 Å². The molecule has 118 valence electrons. The molecule has 5 nitrogen and oxygen atoms in total. The molecule has 3 N–H and O–H groups in total. The van der Waals surface area contributed by atoms with Crippen molar-refractivity contribution in [1.29, 1.82) is 0 Å². The first-order valence-electron chi connectivity index (χ1n) is 7.46. The second-order valence-corrected chi connectivity index (χ2v) is 5.28. The maximum absolute atomic E-state index is 12.7. The summed E-state index contributed by atoms with van der Waals surface area (Å²) >= 11 is 0. The molecule has 0 saturated carbocycles. The van der Waals surface area contributed by atoms with Gasteiger partial charge in [0.05, 0.1) is 5.69 Å². The number of aliphatic hydroxyl groups excluding tert-OH is 1. The van der Waals surface area contributed by atoms with Gasteiger partial charge in [0.15, 0.2) is 11.5 Å². The summed E-state index contributed by atoms with van der Waals surface area (Å²) in [7, 11) is 0. The average Bonchev–Trinajstić information content (AvgIpc) is 2.56. The maximum Gasteiger partial charge on any atom is 0.294 e. The minimum Gasteiger partial charge on any atom is -0.449 e. The van der Waals surface area contributed by atoms with Crippen LogP contribution in [0.25, 0.3) is 6.08 Å². The number of amides is 1. The molecule has 0 fully saturated rings. The van der Waals surface area contributed by atoms with Crippen LogP contribution in [-0.2, 0) is 4.79 Å². The quantitative estimate of drug-likeness (QED) is 0.672. The number of nitrogens with two attached hydrogens (primary N) is 1. The van der Waals surface area contributed by atoms with Gasteiger partial charge in [-0.05, 0) is 30.2 Å². The van der Waals surface area contributed by atoms with Crippen LogP contribution >= 0.6 is 0 Å². The third-order valence-electron chi connectivity index (χ3n) is 3.59. The fourth-order valence-corrected chi connectivity index (χ4v) is 2.48. The summed E-state index contributed by atoms with van der Waals surface area (Å²) in [6.07, 6.45) is 2.20. The lowest BCUT2D eigenvalue weighted by atomic mass is 10.1. The minimum absolute atomic E-state index is 0.0205. The van der Waals surface area contributed by atoms with Crippen LogP contribution in [0.1, 0.15) is 12.0 Å². The number of rotatable bonds is 4. The molecular formula is C18H18N2O3. The van der Waals surface area contributed by atoms with Crippen LogP contribution in [0.3, 0.4) is 0 Å². The summed E-state index contributed by atoms with van der Waals surface area (Å²) in [4.78, 5) is 14.3. The Morgan fingerprint density at radius 3 is 2.70 bits per heavy atom. The molecule has 3 rings (SSSR count). The summed E-state index contributed by atoms with van der Waals surface area (Å²) in [6.45, 7) is 0.439. The van der Waals surface area contributed by atoms with E-state index < -0.39 is 0 Å². The number of hydrogen-bond donors (Lipinski definition) is 2. The third-order valence-corrected chi connectivity index (χ3v) is 3.59. The molecular weight excluding hydrogens is 292 g/mol. The van der Waals surface area contributed by atoms with Crippen molar-refractivity contribution >= 4 is 23.4 Å². The van der Waals surface area contributed by atoms with E-state index in [0.717, 1.165) is 5.56 Å². The monoisotopic (exact) mass is 310 g/mol. The van der Waals surface area contributed by atoms with Crippen LogP contribution < -0.4 is 15.4 Å². The van der Waals surface area contributed by atoms with Crippen LogP contribution in [0.15, 0.2) is 54.3 Å². The SMILES string of the molecule is Nc1ccc2c(c1)O/C(=C/c1ccccc1)C(=O)N2CCCO. The number of fused-ring (bicyclic) bond motifs is 1. The maximum atomic E-state index is 12.7. The van der Waals surface area contributed by atoms with Gasteiger partial charge in [0.2, 0.25) is 0 Å². The molecule has 0 aromatic heterocycles. The van der Waals surface area contributed by atoms with E-state index in [9.17, 15) is 4.79 Å². The van der Waals surface area contributed by atoms with E-state index in [1.807, 2.05) is 30.3 Å². The molecule has 0 saturated heterocycles. The second-order valence-electron chi connectivity index (χ2n) is 5.28. The fourth-order valence-electron chi connectivity index (χ4n) is 2.48. The van der Waals surface area contributed by atoms with Crippen LogP contribution in [0.4, 0.5) is 11.4 Å². The van der Waals surface area contributed by atoms with Crippen molar-refractivity contribution in [3.63, 3.8) is 0 Å². The molecule has 23 heavy (non-hydrogen) atoms. The van der Waals surface area contributed by atoms with Gasteiger partial charge in [-0.2, -0.15) is 0 Å². The number of aliphatic hydroxyl groups is 1. The van der Waals surface area contributed by atoms with Gasteiger partial charge in [-0.1, -0.05) is 30.3 Å². The highest BCUT2D eigenvalue weighted by atomic mass is 16.5. The molecule has 1 heterocycles. The van der Waals surface area contributed by atoms with Crippen LogP contribution in [0.5, 0.6) is 5.75 Å². The normalized spacial score (nSPS) is 15.4. The molecule has 2 aromatic carbocycles. The zero-order chi connectivity index (χ0) is 16.2. The molecule has 0 spiro atoms. The molecule has 1 amide bonds. The number of carbonyl (C=O) groups is 1. The van der Waals surface area contributed by atoms with Gasteiger partial charge in [0.25, 0.3) is 5.91 Å². The molecule has 5 heteroatoms. The Kier molecular flexibility index (Phi) is 4.30. The smallest absolute Gasteiger partial charge is 0.294 e. The molecule has 2 aromatic rings. The lowest BCUT2D eigenvalue weighted by Gasteiger charge is -2.30. The first-order valence-corrected chi connectivity index (χ1v) is 7.46. The number of anilines is 2. The molecule has 1 aliphatic rings. The van der Waals surface area contributed by atoms with E-state index >= 15 is 0 Å². The van der Waals surface area contributed by atoms with Crippen molar-refractivity contribution in [3.8, 4) is 5.75 Å². The lowest BCUT2D eigenvalue weighted by molar-refractivity contribution is -0.117. The highest BCUT2D eigenvalue weighted by molar-refractivity contribution is 6.10. The average molecular weight is 310 g/mol. The topological polar surface area (TPSA) is 75.8 Å². The van der Waals surface area contributed by atoms with Gasteiger partial charge in [-0.3, -0.25) is 4.79 Å². The summed E-state index contributed by atoms with van der Waals surface area (Å²) in [5, 5.41) is 9.07. The zero-order valence-corrected chi connectivity index (χ0v) is 12.6. The van der Waals surface area contributed by atoms with Gasteiger partial charge in [-0.15, -0.1) is 0 Å². The number of nitrogens with zero attached hydrogens (tertiary/aromatic N) is 1. The summed E-state index contributed by atoms with van der Waals surface area (Å²) in [6, 6.07) is 14.7. The lowest BCUT2D eigenvalue weighted by Crippen LogP contribution is -2.38. The molecule has 0 radical (unpaired) electrons. The van der Waals surface area contributed by atoms with Crippen LogP contribution in [0.2, 0.25) is 0 Å². The fraction of sp³-hybridized carbons (Fsp3) is 0.167. The summed E-state index contributed by atoms with van der Waals surface area (Å²) < 4.78 is 5.77. The zero-order valence-electron chi connectivity index (χ0n) is 12.6. The van der Waals surface area contributed by atoms with E-state index in [4.69, 9.17) is 15.6 Å². The minimum atomic E-state index is -0.223. The van der Waals surface area contributed by atoms with Crippen molar-refractivity contribution in [2.24, 2.45) is 0 Å². The Balaban J connectivity index is 2.01. The van der Waals surface area contributed by atoms with E-state index in [-0.39, 0.29) is 18.3 Å². The number of benzene rings is 2. The Hall–Kier alpha value is -2.79. The van der Waals surface area contributed by atoms with Crippen LogP contribution in [0, 0.1) is 0 Å². The van der Waals surface area contributed by atoms with Gasteiger partial charge >= 0.3 is 0 Å². The highest BCUT2D eigenvalue weighted by Gasteiger charge is 2.30. The van der Waals surface area contributed by atoms with E-state index in [0.29, 0.717) is 30.1 Å². The molecule has 0 atom stereocenters. The summed E-state index contributed by atoms with van der Waals surface area (Å²) in [5.41, 5.74) is 7.94. The van der Waals surface area contributed by atoms with Crippen molar-refractivity contribution in [1.82, 2.24) is 0 Å². The predicted molar refractivity (Wildman–Crippen MR) is 90.0 cm³/mol. The van der Waals surface area contributed by atoms with Gasteiger partial charge in [-0.25, -0.2) is 0 Å². The Bertz CT molecular complexity index is 741. The van der Waals surface area contributed by atoms with E-state index in [1.165, 1.54) is 0 Å². The molecule has 0 aliphatic carbocycles.